The van der Waals surface area contributed by atoms with Gasteiger partial charge in [0.05, 0.1) is 11.6 Å². The van der Waals surface area contributed by atoms with E-state index < -0.39 is 0 Å². The minimum absolute atomic E-state index is 0.0956. The van der Waals surface area contributed by atoms with Crippen LogP contribution in [0, 0.1) is 0 Å². The van der Waals surface area contributed by atoms with Gasteiger partial charge in [-0.25, -0.2) is 0 Å². The summed E-state index contributed by atoms with van der Waals surface area (Å²) in [6.07, 6.45) is 3.89. The van der Waals surface area contributed by atoms with Crippen LogP contribution in [0.5, 0.6) is 0 Å². The quantitative estimate of drug-likeness (QED) is 0.800. The molecule has 0 N–H and O–H groups in total. The maximum Gasteiger partial charge on any atom is 0.254 e. The van der Waals surface area contributed by atoms with Crippen molar-refractivity contribution in [3.8, 4) is 0 Å². The van der Waals surface area contributed by atoms with Crippen molar-refractivity contribution in [3.05, 3.63) is 35.9 Å². The standard InChI is InChI=1S/C18H24N2O2/c1-14(21)19-12-7-11-18(2)16(19)10-6-13-20(18)17(22)15-8-4-3-5-9-15/h3-5,8-9,16H,6-7,10-13H2,1-2H3/t16-,18+/m1/s1. The SMILES string of the molecule is CC(=O)N1CCC[C@@]2(C)[C@H]1CCCN2C(=O)c1ccccc1. The third kappa shape index (κ3) is 2.40. The van der Waals surface area contributed by atoms with Crippen molar-refractivity contribution < 1.29 is 9.59 Å². The zero-order valence-corrected chi connectivity index (χ0v) is 13.4. The zero-order valence-electron chi connectivity index (χ0n) is 13.4. The fraction of sp³-hybridized carbons (Fsp3) is 0.556. The van der Waals surface area contributed by atoms with Crippen molar-refractivity contribution >= 4 is 11.8 Å². The Bertz CT molecular complexity index is 572. The number of benzene rings is 1. The Kier molecular flexibility index (Phi) is 3.94. The first kappa shape index (κ1) is 15.1. The molecule has 2 atom stereocenters. The predicted octanol–water partition coefficient (Wildman–Crippen LogP) is 2.69. The van der Waals surface area contributed by atoms with E-state index in [9.17, 15) is 9.59 Å². The fourth-order valence-corrected chi connectivity index (χ4v) is 4.19. The largest absolute Gasteiger partial charge is 0.338 e. The van der Waals surface area contributed by atoms with Gasteiger partial charge in [-0.05, 0) is 44.7 Å². The molecule has 0 spiro atoms. The van der Waals surface area contributed by atoms with Gasteiger partial charge < -0.3 is 9.80 Å². The van der Waals surface area contributed by atoms with E-state index >= 15 is 0 Å². The monoisotopic (exact) mass is 300 g/mol. The Labute approximate surface area is 132 Å². The van der Waals surface area contributed by atoms with Crippen molar-refractivity contribution in [1.29, 1.82) is 0 Å². The third-order valence-corrected chi connectivity index (χ3v) is 5.32. The van der Waals surface area contributed by atoms with Crippen molar-refractivity contribution in [2.45, 2.75) is 51.1 Å². The van der Waals surface area contributed by atoms with Crippen LogP contribution in [0.15, 0.2) is 30.3 Å². The van der Waals surface area contributed by atoms with Crippen molar-refractivity contribution in [2.75, 3.05) is 13.1 Å². The van der Waals surface area contributed by atoms with E-state index in [1.54, 1.807) is 6.92 Å². The van der Waals surface area contributed by atoms with Crippen LogP contribution >= 0.6 is 0 Å². The molecule has 2 heterocycles. The molecule has 0 bridgehead atoms. The number of nitrogens with zero attached hydrogens (tertiary/aromatic N) is 2. The first-order valence-electron chi connectivity index (χ1n) is 8.18. The van der Waals surface area contributed by atoms with Crippen LogP contribution in [0.3, 0.4) is 0 Å². The summed E-state index contributed by atoms with van der Waals surface area (Å²) in [4.78, 5) is 28.9. The molecule has 0 aromatic heterocycles. The highest BCUT2D eigenvalue weighted by molar-refractivity contribution is 5.95. The van der Waals surface area contributed by atoms with Crippen LogP contribution in [-0.2, 0) is 4.79 Å². The summed E-state index contributed by atoms with van der Waals surface area (Å²) in [6, 6.07) is 9.64. The van der Waals surface area contributed by atoms with Crippen molar-refractivity contribution in [3.63, 3.8) is 0 Å². The molecule has 2 aliphatic rings. The molecule has 22 heavy (non-hydrogen) atoms. The van der Waals surface area contributed by atoms with Gasteiger partial charge in [0.1, 0.15) is 0 Å². The van der Waals surface area contributed by atoms with E-state index in [1.165, 1.54) is 0 Å². The second-order valence-corrected chi connectivity index (χ2v) is 6.65. The topological polar surface area (TPSA) is 40.6 Å². The van der Waals surface area contributed by atoms with Crippen LogP contribution in [0.2, 0.25) is 0 Å². The number of hydrogen-bond donors (Lipinski definition) is 0. The molecule has 1 aromatic rings. The molecule has 3 rings (SSSR count). The molecule has 0 radical (unpaired) electrons. The molecule has 0 unspecified atom stereocenters. The fourth-order valence-electron chi connectivity index (χ4n) is 4.19. The number of hydrogen-bond acceptors (Lipinski definition) is 2. The van der Waals surface area contributed by atoms with E-state index in [0.29, 0.717) is 0 Å². The summed E-state index contributed by atoms with van der Waals surface area (Å²) < 4.78 is 0. The predicted molar refractivity (Wildman–Crippen MR) is 85.5 cm³/mol. The lowest BCUT2D eigenvalue weighted by Gasteiger charge is -2.56. The van der Waals surface area contributed by atoms with E-state index in [4.69, 9.17) is 0 Å². The minimum Gasteiger partial charge on any atom is -0.338 e. The highest BCUT2D eigenvalue weighted by Crippen LogP contribution is 2.39. The van der Waals surface area contributed by atoms with Crippen LogP contribution in [0.1, 0.15) is 49.9 Å². The summed E-state index contributed by atoms with van der Waals surface area (Å²) in [6.45, 7) is 5.41. The van der Waals surface area contributed by atoms with Gasteiger partial charge in [0, 0.05) is 25.6 Å². The summed E-state index contributed by atoms with van der Waals surface area (Å²) in [5.41, 5.74) is 0.499. The lowest BCUT2D eigenvalue weighted by molar-refractivity contribution is -0.140. The molecule has 2 fully saturated rings. The molecule has 118 valence electrons. The second kappa shape index (κ2) is 5.75. The number of amides is 2. The Morgan fingerprint density at radius 1 is 1.14 bits per heavy atom. The van der Waals surface area contributed by atoms with Crippen LogP contribution in [0.25, 0.3) is 0 Å². The van der Waals surface area contributed by atoms with Crippen molar-refractivity contribution in [2.24, 2.45) is 0 Å². The highest BCUT2D eigenvalue weighted by Gasteiger charge is 2.49. The Morgan fingerprint density at radius 3 is 2.55 bits per heavy atom. The van der Waals surface area contributed by atoms with Gasteiger partial charge in [-0.15, -0.1) is 0 Å². The molecule has 0 saturated carbocycles. The van der Waals surface area contributed by atoms with Crippen LogP contribution in [0.4, 0.5) is 0 Å². The molecular weight excluding hydrogens is 276 g/mol. The van der Waals surface area contributed by atoms with Crippen molar-refractivity contribution in [1.82, 2.24) is 9.80 Å². The maximum atomic E-state index is 13.0. The van der Waals surface area contributed by atoms with Gasteiger partial charge in [-0.2, -0.15) is 0 Å². The number of rotatable bonds is 1. The van der Waals surface area contributed by atoms with E-state index in [0.717, 1.165) is 44.3 Å². The van der Waals surface area contributed by atoms with Gasteiger partial charge in [-0.1, -0.05) is 18.2 Å². The molecule has 0 aliphatic carbocycles. The van der Waals surface area contributed by atoms with Gasteiger partial charge in [0.25, 0.3) is 5.91 Å². The molecule has 1 aromatic carbocycles. The van der Waals surface area contributed by atoms with Gasteiger partial charge >= 0.3 is 0 Å². The van der Waals surface area contributed by atoms with Crippen LogP contribution < -0.4 is 0 Å². The average Bonchev–Trinajstić information content (AvgIpc) is 2.53. The third-order valence-electron chi connectivity index (χ3n) is 5.32. The highest BCUT2D eigenvalue weighted by atomic mass is 16.2. The molecule has 2 saturated heterocycles. The van der Waals surface area contributed by atoms with Crippen LogP contribution in [-0.4, -0.2) is 46.3 Å². The normalized spacial score (nSPS) is 28.2. The maximum absolute atomic E-state index is 13.0. The molecule has 4 heteroatoms. The number of carbonyl (C=O) groups is 2. The zero-order chi connectivity index (χ0) is 15.7. The first-order chi connectivity index (χ1) is 10.5. The number of piperidine rings is 2. The summed E-state index contributed by atoms with van der Waals surface area (Å²) in [5.74, 6) is 0.225. The molecule has 2 amide bonds. The lowest BCUT2D eigenvalue weighted by atomic mass is 9.75. The lowest BCUT2D eigenvalue weighted by Crippen LogP contribution is -2.68. The number of fused-ring (bicyclic) bond motifs is 1. The van der Waals surface area contributed by atoms with E-state index in [-0.39, 0.29) is 23.4 Å². The average molecular weight is 300 g/mol. The molecular formula is C18H24N2O2. The minimum atomic E-state index is -0.241. The molecule has 2 aliphatic heterocycles. The second-order valence-electron chi connectivity index (χ2n) is 6.65. The Morgan fingerprint density at radius 2 is 1.86 bits per heavy atom. The Balaban J connectivity index is 1.92. The summed E-state index contributed by atoms with van der Waals surface area (Å²) in [5, 5.41) is 0. The number of likely N-dealkylation sites (tertiary alicyclic amines) is 2. The first-order valence-corrected chi connectivity index (χ1v) is 8.18. The summed E-state index contributed by atoms with van der Waals surface area (Å²) >= 11 is 0. The van der Waals surface area contributed by atoms with Gasteiger partial charge in [0.15, 0.2) is 0 Å². The smallest absolute Gasteiger partial charge is 0.254 e. The van der Waals surface area contributed by atoms with Gasteiger partial charge in [-0.3, -0.25) is 9.59 Å². The summed E-state index contributed by atoms with van der Waals surface area (Å²) in [7, 11) is 0. The van der Waals surface area contributed by atoms with E-state index in [2.05, 4.69) is 6.92 Å². The van der Waals surface area contributed by atoms with Gasteiger partial charge in [0.2, 0.25) is 5.91 Å². The molecule has 4 nitrogen and oxygen atoms in total. The Hall–Kier alpha value is -1.84. The number of carbonyl (C=O) groups excluding carboxylic acids is 2. The van der Waals surface area contributed by atoms with E-state index in [1.807, 2.05) is 40.1 Å².